The fraction of sp³-hybridized carbons (Fsp3) is 0.133. The number of esters is 1. The highest BCUT2D eigenvalue weighted by atomic mass is 35.5. The molecule has 0 radical (unpaired) electrons. The lowest BCUT2D eigenvalue weighted by Crippen LogP contribution is -2.07. The van der Waals surface area contributed by atoms with E-state index in [1.54, 1.807) is 12.1 Å². The Kier molecular flexibility index (Phi) is 4.22. The van der Waals surface area contributed by atoms with Crippen molar-refractivity contribution >= 4 is 29.1 Å². The normalized spacial score (nSPS) is 10.6. The van der Waals surface area contributed by atoms with Crippen molar-refractivity contribution in [3.63, 3.8) is 0 Å². The van der Waals surface area contributed by atoms with Crippen molar-refractivity contribution in [2.24, 2.45) is 0 Å². The lowest BCUT2D eigenvalue weighted by molar-refractivity contribution is 0.0468. The maximum absolute atomic E-state index is 12.2. The second-order valence-corrected chi connectivity index (χ2v) is 6.02. The highest BCUT2D eigenvalue weighted by Crippen LogP contribution is 2.20. The van der Waals surface area contributed by atoms with E-state index in [0.29, 0.717) is 15.6 Å². The Bertz CT molecular complexity index is 799. The van der Waals surface area contributed by atoms with Crippen LogP contribution in [0.1, 0.15) is 21.6 Å². The van der Waals surface area contributed by atoms with Crippen LogP contribution < -0.4 is 0 Å². The molecule has 3 rings (SSSR count). The minimum absolute atomic E-state index is 0.0148. The Morgan fingerprint density at radius 2 is 2.14 bits per heavy atom. The Morgan fingerprint density at radius 1 is 1.36 bits per heavy atom. The first-order valence-corrected chi connectivity index (χ1v) is 7.68. The standard InChI is InChI=1S/C15H12ClN3O2S/c1-10-4-5-11(8-13(10)19-6-2-3-7-19)15(20)21-9-12-14(16)22-18-17-12/h2-8H,9H2,1H3. The summed E-state index contributed by atoms with van der Waals surface area (Å²) in [6.07, 6.45) is 3.86. The molecule has 0 atom stereocenters. The summed E-state index contributed by atoms with van der Waals surface area (Å²) in [5, 5.41) is 3.81. The summed E-state index contributed by atoms with van der Waals surface area (Å²) < 4.78 is 11.3. The Morgan fingerprint density at radius 3 is 2.82 bits per heavy atom. The van der Waals surface area contributed by atoms with E-state index < -0.39 is 5.97 Å². The van der Waals surface area contributed by atoms with Crippen LogP contribution in [-0.2, 0) is 11.3 Å². The van der Waals surface area contributed by atoms with Crippen molar-refractivity contribution < 1.29 is 9.53 Å². The van der Waals surface area contributed by atoms with Gasteiger partial charge in [-0.25, -0.2) is 4.79 Å². The van der Waals surface area contributed by atoms with Crippen LogP contribution in [0.15, 0.2) is 42.7 Å². The van der Waals surface area contributed by atoms with Crippen molar-refractivity contribution in [1.82, 2.24) is 14.2 Å². The smallest absolute Gasteiger partial charge is 0.338 e. The van der Waals surface area contributed by atoms with Gasteiger partial charge in [-0.15, -0.1) is 5.10 Å². The largest absolute Gasteiger partial charge is 0.455 e. The Hall–Kier alpha value is -2.18. The molecule has 0 aliphatic heterocycles. The maximum Gasteiger partial charge on any atom is 0.338 e. The molecule has 0 aliphatic carbocycles. The summed E-state index contributed by atoms with van der Waals surface area (Å²) in [4.78, 5) is 12.2. The Labute approximate surface area is 136 Å². The molecule has 5 nitrogen and oxygen atoms in total. The van der Waals surface area contributed by atoms with Crippen LogP contribution in [0.2, 0.25) is 4.34 Å². The SMILES string of the molecule is Cc1ccc(C(=O)OCc2nnsc2Cl)cc1-n1cccc1. The maximum atomic E-state index is 12.2. The van der Waals surface area contributed by atoms with Gasteiger partial charge in [0.1, 0.15) is 16.6 Å². The van der Waals surface area contributed by atoms with E-state index in [0.717, 1.165) is 22.8 Å². The Balaban J connectivity index is 1.78. The van der Waals surface area contributed by atoms with E-state index in [9.17, 15) is 4.79 Å². The van der Waals surface area contributed by atoms with E-state index in [2.05, 4.69) is 9.59 Å². The first kappa shape index (κ1) is 14.7. The number of hydrogen-bond donors (Lipinski definition) is 0. The zero-order valence-corrected chi connectivity index (χ0v) is 13.3. The van der Waals surface area contributed by atoms with E-state index in [1.165, 1.54) is 0 Å². The third-order valence-corrected chi connectivity index (χ3v) is 4.16. The molecular weight excluding hydrogens is 322 g/mol. The molecule has 22 heavy (non-hydrogen) atoms. The molecule has 0 amide bonds. The van der Waals surface area contributed by atoms with Crippen LogP contribution in [0.25, 0.3) is 5.69 Å². The van der Waals surface area contributed by atoms with Gasteiger partial charge in [0.05, 0.1) is 5.56 Å². The number of halogens is 1. The first-order valence-electron chi connectivity index (χ1n) is 6.53. The average molecular weight is 334 g/mol. The molecule has 3 aromatic rings. The molecule has 0 spiro atoms. The molecule has 0 fully saturated rings. The monoisotopic (exact) mass is 333 g/mol. The minimum atomic E-state index is -0.419. The van der Waals surface area contributed by atoms with Gasteiger partial charge in [0.2, 0.25) is 0 Å². The molecule has 0 unspecified atom stereocenters. The minimum Gasteiger partial charge on any atom is -0.455 e. The number of aryl methyl sites for hydroxylation is 1. The van der Waals surface area contributed by atoms with Gasteiger partial charge in [-0.1, -0.05) is 22.2 Å². The molecule has 0 aliphatic rings. The molecule has 0 saturated carbocycles. The summed E-state index contributed by atoms with van der Waals surface area (Å²) in [5.41, 5.74) is 2.96. The molecule has 0 N–H and O–H groups in total. The molecule has 0 saturated heterocycles. The second kappa shape index (κ2) is 6.29. The van der Waals surface area contributed by atoms with E-state index in [4.69, 9.17) is 16.3 Å². The fourth-order valence-electron chi connectivity index (χ4n) is 2.01. The summed E-state index contributed by atoms with van der Waals surface area (Å²) in [5.74, 6) is -0.419. The molecular formula is C15H12ClN3O2S. The van der Waals surface area contributed by atoms with Crippen molar-refractivity contribution in [1.29, 1.82) is 0 Å². The molecule has 2 heterocycles. The summed E-state index contributed by atoms with van der Waals surface area (Å²) >= 11 is 6.95. The van der Waals surface area contributed by atoms with Crippen molar-refractivity contribution in [3.8, 4) is 5.69 Å². The second-order valence-electron chi connectivity index (χ2n) is 4.66. The molecule has 2 aromatic heterocycles. The average Bonchev–Trinajstić information content (AvgIpc) is 3.17. The summed E-state index contributed by atoms with van der Waals surface area (Å²) in [6, 6.07) is 9.30. The van der Waals surface area contributed by atoms with E-state index in [1.807, 2.05) is 42.1 Å². The predicted molar refractivity (Wildman–Crippen MR) is 84.5 cm³/mol. The van der Waals surface area contributed by atoms with Gasteiger partial charge in [0.25, 0.3) is 0 Å². The number of carbonyl (C=O) groups excluding carboxylic acids is 1. The number of nitrogens with zero attached hydrogens (tertiary/aromatic N) is 3. The lowest BCUT2D eigenvalue weighted by Gasteiger charge is -2.10. The van der Waals surface area contributed by atoms with Gasteiger partial charge >= 0.3 is 5.97 Å². The molecule has 0 bridgehead atoms. The number of hydrogen-bond acceptors (Lipinski definition) is 5. The molecule has 7 heteroatoms. The van der Waals surface area contributed by atoms with Gasteiger partial charge in [-0.05, 0) is 36.8 Å². The van der Waals surface area contributed by atoms with Gasteiger partial charge in [0, 0.05) is 29.6 Å². The predicted octanol–water partition coefficient (Wildman–Crippen LogP) is 3.65. The molecule has 112 valence electrons. The number of rotatable bonds is 4. The van der Waals surface area contributed by atoms with Crippen LogP contribution in [0.4, 0.5) is 0 Å². The van der Waals surface area contributed by atoms with Gasteiger partial charge in [-0.3, -0.25) is 0 Å². The van der Waals surface area contributed by atoms with E-state index in [-0.39, 0.29) is 6.61 Å². The van der Waals surface area contributed by atoms with Crippen LogP contribution in [0.5, 0.6) is 0 Å². The van der Waals surface area contributed by atoms with Gasteiger partial charge in [0.15, 0.2) is 0 Å². The third kappa shape index (κ3) is 3.03. The summed E-state index contributed by atoms with van der Waals surface area (Å²) in [7, 11) is 0. The topological polar surface area (TPSA) is 57.0 Å². The van der Waals surface area contributed by atoms with Crippen LogP contribution in [0, 0.1) is 6.92 Å². The van der Waals surface area contributed by atoms with Crippen molar-refractivity contribution in [3.05, 3.63) is 63.9 Å². The number of carbonyl (C=O) groups is 1. The van der Waals surface area contributed by atoms with Crippen LogP contribution in [0.3, 0.4) is 0 Å². The van der Waals surface area contributed by atoms with Gasteiger partial charge in [-0.2, -0.15) is 0 Å². The lowest BCUT2D eigenvalue weighted by atomic mass is 10.1. The molecule has 1 aromatic carbocycles. The number of aromatic nitrogens is 3. The van der Waals surface area contributed by atoms with Gasteiger partial charge < -0.3 is 9.30 Å². The number of ether oxygens (including phenoxy) is 1. The fourth-order valence-corrected chi connectivity index (χ4v) is 2.61. The quantitative estimate of drug-likeness (QED) is 0.684. The van der Waals surface area contributed by atoms with Crippen molar-refractivity contribution in [2.45, 2.75) is 13.5 Å². The first-order chi connectivity index (χ1) is 10.6. The van der Waals surface area contributed by atoms with Crippen LogP contribution in [-0.4, -0.2) is 20.1 Å². The highest BCUT2D eigenvalue weighted by Gasteiger charge is 2.13. The number of benzene rings is 1. The highest BCUT2D eigenvalue weighted by molar-refractivity contribution is 7.10. The summed E-state index contributed by atoms with van der Waals surface area (Å²) in [6.45, 7) is 2.01. The van der Waals surface area contributed by atoms with E-state index >= 15 is 0 Å². The van der Waals surface area contributed by atoms with Crippen molar-refractivity contribution in [2.75, 3.05) is 0 Å². The zero-order valence-electron chi connectivity index (χ0n) is 11.7. The third-order valence-electron chi connectivity index (χ3n) is 3.18. The van der Waals surface area contributed by atoms with Crippen LogP contribution >= 0.6 is 23.1 Å². The zero-order chi connectivity index (χ0) is 15.5.